The van der Waals surface area contributed by atoms with Crippen molar-refractivity contribution >= 4 is 17.3 Å². The van der Waals surface area contributed by atoms with E-state index in [-0.39, 0.29) is 22.3 Å². The van der Waals surface area contributed by atoms with E-state index in [0.29, 0.717) is 17.2 Å². The third kappa shape index (κ3) is 2.32. The van der Waals surface area contributed by atoms with Crippen molar-refractivity contribution < 1.29 is 23.4 Å². The molecule has 3 rings (SSSR count). The summed E-state index contributed by atoms with van der Waals surface area (Å²) in [6.45, 7) is 0. The number of carbonyl (C=O) groups is 1. The lowest BCUT2D eigenvalue weighted by Gasteiger charge is -2.11. The monoisotopic (exact) mass is 301 g/mol. The summed E-state index contributed by atoms with van der Waals surface area (Å²) < 4.78 is 20.4. The predicted octanol–water partition coefficient (Wildman–Crippen LogP) is 2.45. The van der Waals surface area contributed by atoms with Gasteiger partial charge in [-0.3, -0.25) is 4.79 Å². The molecule has 1 aromatic carbocycles. The van der Waals surface area contributed by atoms with Gasteiger partial charge in [0.05, 0.1) is 14.2 Å². The molecule has 0 unspecified atom stereocenters. The Balaban J connectivity index is 2.31. The summed E-state index contributed by atoms with van der Waals surface area (Å²) in [6, 6.07) is 7.32. The molecule has 0 fully saturated rings. The van der Waals surface area contributed by atoms with E-state index in [1.54, 1.807) is 6.07 Å². The van der Waals surface area contributed by atoms with Crippen LogP contribution in [0.2, 0.25) is 0 Å². The zero-order chi connectivity index (χ0) is 15.7. The Hall–Kier alpha value is -3.09. The maximum absolute atomic E-state index is 11.4. The number of carbonyl (C=O) groups excluding carboxylic acids is 1. The molecule has 7 heteroatoms. The van der Waals surface area contributed by atoms with Crippen LogP contribution in [0, 0.1) is 0 Å². The molecule has 112 valence electrons. The molecule has 1 aromatic rings. The highest BCUT2D eigenvalue weighted by Gasteiger charge is 2.18. The lowest BCUT2D eigenvalue weighted by Crippen LogP contribution is -2.08. The van der Waals surface area contributed by atoms with Crippen LogP contribution in [0.5, 0.6) is 11.5 Å². The van der Waals surface area contributed by atoms with Gasteiger partial charge < -0.3 is 18.6 Å². The molecule has 1 heterocycles. The summed E-state index contributed by atoms with van der Waals surface area (Å²) in [5.41, 5.74) is 0.811. The Bertz CT molecular complexity index is 885. The van der Waals surface area contributed by atoms with E-state index in [9.17, 15) is 9.59 Å². The second-order valence-corrected chi connectivity index (χ2v) is 4.34. The molecule has 2 aliphatic rings. The Morgan fingerprint density at radius 2 is 1.91 bits per heavy atom. The highest BCUT2D eigenvalue weighted by atomic mass is 16.7. The molecule has 0 bridgehead atoms. The summed E-state index contributed by atoms with van der Waals surface area (Å²) in [6.07, 6.45) is -0.872. The smallest absolute Gasteiger partial charge is 0.493 e. The molecule has 22 heavy (non-hydrogen) atoms. The van der Waals surface area contributed by atoms with Crippen molar-refractivity contribution in [1.82, 2.24) is 4.98 Å². The molecule has 0 spiro atoms. The molecular formula is C15H11NO6. The number of methoxy groups -OCH3 is 2. The van der Waals surface area contributed by atoms with Crippen molar-refractivity contribution in [2.75, 3.05) is 14.2 Å². The molecular weight excluding hydrogens is 290 g/mol. The van der Waals surface area contributed by atoms with E-state index in [4.69, 9.17) is 13.9 Å². The van der Waals surface area contributed by atoms with Crippen LogP contribution in [-0.2, 0) is 4.74 Å². The van der Waals surface area contributed by atoms with Gasteiger partial charge in [-0.1, -0.05) is 0 Å². The standard InChI is InChI=1S/C15H11NO6/c1-19-11-6-5-10(22-15(18)20-2)13-14(11)21-12-7-8(17)3-4-9(12)16-13/h3-7H,1-2H3. The normalized spacial score (nSPS) is 10.6. The highest BCUT2D eigenvalue weighted by Crippen LogP contribution is 2.35. The van der Waals surface area contributed by atoms with Gasteiger partial charge in [-0.2, -0.15) is 0 Å². The minimum atomic E-state index is -0.872. The third-order valence-corrected chi connectivity index (χ3v) is 3.01. The number of rotatable bonds is 2. The Morgan fingerprint density at radius 3 is 2.64 bits per heavy atom. The number of aromatic nitrogens is 1. The zero-order valence-corrected chi connectivity index (χ0v) is 11.8. The van der Waals surface area contributed by atoms with Crippen molar-refractivity contribution in [2.24, 2.45) is 0 Å². The van der Waals surface area contributed by atoms with E-state index in [2.05, 4.69) is 9.72 Å². The van der Waals surface area contributed by atoms with Gasteiger partial charge in [-0.05, 0) is 24.3 Å². The minimum Gasteiger partial charge on any atom is -0.493 e. The molecule has 0 N–H and O–H groups in total. The summed E-state index contributed by atoms with van der Waals surface area (Å²) in [7, 11) is 2.68. The maximum atomic E-state index is 11.4. The van der Waals surface area contributed by atoms with Gasteiger partial charge in [0.1, 0.15) is 5.69 Å². The third-order valence-electron chi connectivity index (χ3n) is 3.01. The van der Waals surface area contributed by atoms with Gasteiger partial charge >= 0.3 is 6.16 Å². The van der Waals surface area contributed by atoms with E-state index in [1.807, 2.05) is 0 Å². The topological polar surface area (TPSA) is 87.9 Å². The molecule has 0 amide bonds. The second-order valence-electron chi connectivity index (χ2n) is 4.34. The summed E-state index contributed by atoms with van der Waals surface area (Å²) in [5, 5.41) is 0. The first-order valence-corrected chi connectivity index (χ1v) is 6.30. The fraction of sp³-hybridized carbons (Fsp3) is 0.133. The van der Waals surface area contributed by atoms with Crippen molar-refractivity contribution in [2.45, 2.75) is 0 Å². The van der Waals surface area contributed by atoms with Crippen LogP contribution in [0.25, 0.3) is 22.6 Å². The highest BCUT2D eigenvalue weighted by molar-refractivity contribution is 5.88. The fourth-order valence-corrected chi connectivity index (χ4v) is 2.01. The first-order valence-electron chi connectivity index (χ1n) is 6.30. The largest absolute Gasteiger partial charge is 0.513 e. The van der Waals surface area contributed by atoms with Crippen molar-refractivity contribution in [1.29, 1.82) is 0 Å². The molecule has 0 atom stereocenters. The van der Waals surface area contributed by atoms with Crippen molar-refractivity contribution in [3.63, 3.8) is 0 Å². The van der Waals surface area contributed by atoms with Crippen LogP contribution in [-0.4, -0.2) is 25.4 Å². The van der Waals surface area contributed by atoms with Gasteiger partial charge in [0.25, 0.3) is 0 Å². The number of hydrogen-bond donors (Lipinski definition) is 0. The van der Waals surface area contributed by atoms with Gasteiger partial charge in [-0.15, -0.1) is 0 Å². The van der Waals surface area contributed by atoms with Gasteiger partial charge in [0.2, 0.25) is 0 Å². The van der Waals surface area contributed by atoms with E-state index < -0.39 is 6.16 Å². The Morgan fingerprint density at radius 1 is 1.14 bits per heavy atom. The van der Waals surface area contributed by atoms with E-state index in [0.717, 1.165) is 0 Å². The summed E-state index contributed by atoms with van der Waals surface area (Å²) in [4.78, 5) is 27.1. The fourth-order valence-electron chi connectivity index (χ4n) is 2.01. The van der Waals surface area contributed by atoms with Crippen molar-refractivity contribution in [3.05, 3.63) is 40.6 Å². The first-order chi connectivity index (χ1) is 10.6. The minimum absolute atomic E-state index is 0.166. The van der Waals surface area contributed by atoms with Gasteiger partial charge in [0.15, 0.2) is 33.8 Å². The molecule has 1 aliphatic heterocycles. The zero-order valence-electron chi connectivity index (χ0n) is 11.8. The lowest BCUT2D eigenvalue weighted by molar-refractivity contribution is 0.122. The lowest BCUT2D eigenvalue weighted by atomic mass is 10.2. The number of hydrogen-bond acceptors (Lipinski definition) is 7. The molecule has 0 saturated carbocycles. The summed E-state index contributed by atoms with van der Waals surface area (Å²) >= 11 is 0. The van der Waals surface area contributed by atoms with Gasteiger partial charge in [0, 0.05) is 6.07 Å². The average Bonchev–Trinajstić information content (AvgIpc) is 2.53. The summed E-state index contributed by atoms with van der Waals surface area (Å²) in [5.74, 6) is 0.880. The molecule has 0 radical (unpaired) electrons. The van der Waals surface area contributed by atoms with Crippen LogP contribution in [0.4, 0.5) is 4.79 Å². The molecule has 1 aliphatic carbocycles. The number of ether oxygens (including phenoxy) is 3. The van der Waals surface area contributed by atoms with Crippen LogP contribution < -0.4 is 14.9 Å². The number of fused-ring (bicyclic) bond motifs is 2. The van der Waals surface area contributed by atoms with Crippen LogP contribution in [0.15, 0.2) is 39.5 Å². The number of nitrogens with zero attached hydrogens (tertiary/aromatic N) is 1. The van der Waals surface area contributed by atoms with Crippen LogP contribution in [0.3, 0.4) is 0 Å². The Labute approximate surface area is 124 Å². The predicted molar refractivity (Wildman–Crippen MR) is 76.5 cm³/mol. The van der Waals surface area contributed by atoms with Crippen LogP contribution >= 0.6 is 0 Å². The average molecular weight is 301 g/mol. The maximum Gasteiger partial charge on any atom is 0.513 e. The van der Waals surface area contributed by atoms with E-state index >= 15 is 0 Å². The van der Waals surface area contributed by atoms with Crippen LogP contribution in [0.1, 0.15) is 0 Å². The van der Waals surface area contributed by atoms with Gasteiger partial charge in [-0.25, -0.2) is 9.78 Å². The van der Waals surface area contributed by atoms with Crippen molar-refractivity contribution in [3.8, 4) is 23.0 Å². The molecule has 0 aromatic heterocycles. The second kappa shape index (κ2) is 5.36. The quantitative estimate of drug-likeness (QED) is 0.408. The first kappa shape index (κ1) is 13.9. The van der Waals surface area contributed by atoms with E-state index in [1.165, 1.54) is 38.5 Å². The molecule has 0 saturated heterocycles. The SMILES string of the molecule is COC(=O)Oc1ccc(OC)c2oc3cc(=O)ccc-3nc12. The Kier molecular flexibility index (Phi) is 3.38. The number of benzene rings is 2. The molecule has 7 nitrogen and oxygen atoms in total.